The van der Waals surface area contributed by atoms with Crippen molar-refractivity contribution in [2.75, 3.05) is 0 Å². The smallest absolute Gasteiger partial charge is 0.256 e. The third-order valence-corrected chi connectivity index (χ3v) is 9.09. The molecule has 0 fully saturated rings. The molecule has 0 saturated carbocycles. The Hall–Kier alpha value is -4.17. The monoisotopic (exact) mass is 535 g/mol. The summed E-state index contributed by atoms with van der Waals surface area (Å²) in [5, 5.41) is 7.56. The molecule has 204 valence electrons. The second-order valence-electron chi connectivity index (χ2n) is 13.9. The van der Waals surface area contributed by atoms with Crippen LogP contribution in [0.15, 0.2) is 136 Å². The summed E-state index contributed by atoms with van der Waals surface area (Å²) in [7, 11) is 0. The van der Waals surface area contributed by atoms with Gasteiger partial charge in [0.15, 0.2) is 0 Å². The first kappa shape index (κ1) is 25.8. The van der Waals surface area contributed by atoms with Gasteiger partial charge in [-0.1, -0.05) is 127 Å². The second kappa shape index (κ2) is 8.91. The van der Waals surface area contributed by atoms with E-state index in [9.17, 15) is 4.79 Å². The highest BCUT2D eigenvalue weighted by atomic mass is 16.1. The molecule has 2 nitrogen and oxygen atoms in total. The lowest BCUT2D eigenvalue weighted by Crippen LogP contribution is -2.35. The number of amides is 1. The number of nitrogens with one attached hydrogen (secondary N) is 1. The summed E-state index contributed by atoms with van der Waals surface area (Å²) in [5.74, 6) is 0.398. The summed E-state index contributed by atoms with van der Waals surface area (Å²) in [6.45, 7) is 13.6. The number of hydrogen-bond acceptors (Lipinski definition) is 1. The highest BCUT2D eigenvalue weighted by Crippen LogP contribution is 2.53. The standard InChI is InChI=1S/C39H37NO/c1-38(2,3)28-18-25-15-16-26-19-29(39(4,5)6)22-32-33(21-27(20-28)34(25)35(26)32)40-37(41)36-30-13-9-7-11-23(30)17-24-12-8-10-14-31(24)36/h7-22,34-35H,1-6H3,(H,40,41)/t34-,35+/m0/s1. The summed E-state index contributed by atoms with van der Waals surface area (Å²) in [4.78, 5) is 14.4. The van der Waals surface area contributed by atoms with Crippen molar-refractivity contribution in [3.63, 3.8) is 0 Å². The topological polar surface area (TPSA) is 29.1 Å². The van der Waals surface area contributed by atoms with Gasteiger partial charge in [-0.25, -0.2) is 0 Å². The highest BCUT2D eigenvalue weighted by Gasteiger charge is 2.42. The van der Waals surface area contributed by atoms with Gasteiger partial charge in [0, 0.05) is 17.5 Å². The molecule has 3 aromatic carbocycles. The number of allylic oxidation sites excluding steroid dienone is 13. The second-order valence-corrected chi connectivity index (χ2v) is 13.9. The third kappa shape index (κ3) is 4.20. The van der Waals surface area contributed by atoms with Gasteiger partial charge in [-0.2, -0.15) is 0 Å². The summed E-state index contributed by atoms with van der Waals surface area (Å²) in [6.07, 6.45) is 16.3. The predicted molar refractivity (Wildman–Crippen MR) is 171 cm³/mol. The lowest BCUT2D eigenvalue weighted by molar-refractivity contribution is 0.0969. The molecule has 1 amide bonds. The van der Waals surface area contributed by atoms with Gasteiger partial charge < -0.3 is 5.32 Å². The fourth-order valence-electron chi connectivity index (χ4n) is 6.82. The van der Waals surface area contributed by atoms with E-state index in [2.05, 4.69) is 120 Å². The molecule has 0 radical (unpaired) electrons. The van der Waals surface area contributed by atoms with Crippen molar-refractivity contribution in [3.8, 4) is 0 Å². The number of rotatable bonds is 2. The van der Waals surface area contributed by atoms with Gasteiger partial charge in [0.05, 0.1) is 5.56 Å². The molecule has 4 aliphatic carbocycles. The maximum Gasteiger partial charge on any atom is 0.256 e. The van der Waals surface area contributed by atoms with Crippen LogP contribution in [0.4, 0.5) is 0 Å². The van der Waals surface area contributed by atoms with Crippen molar-refractivity contribution >= 4 is 27.5 Å². The lowest BCUT2D eigenvalue weighted by Gasteiger charge is -2.44. The number of benzene rings is 3. The predicted octanol–water partition coefficient (Wildman–Crippen LogP) is 9.54. The van der Waals surface area contributed by atoms with E-state index in [1.54, 1.807) is 0 Å². The molecule has 0 spiro atoms. The number of fused-ring (bicyclic) bond motifs is 2. The molecule has 0 saturated heterocycles. The maximum atomic E-state index is 14.4. The fourth-order valence-corrected chi connectivity index (χ4v) is 6.82. The van der Waals surface area contributed by atoms with Gasteiger partial charge in [0.25, 0.3) is 5.91 Å². The van der Waals surface area contributed by atoms with Crippen molar-refractivity contribution < 1.29 is 4.79 Å². The van der Waals surface area contributed by atoms with Crippen LogP contribution in [-0.4, -0.2) is 5.91 Å². The molecule has 7 rings (SSSR count). The summed E-state index contributed by atoms with van der Waals surface area (Å²) in [6, 6.07) is 18.6. The highest BCUT2D eigenvalue weighted by molar-refractivity contribution is 6.18. The van der Waals surface area contributed by atoms with E-state index in [1.165, 1.54) is 33.4 Å². The molecule has 0 aromatic heterocycles. The van der Waals surface area contributed by atoms with E-state index in [4.69, 9.17) is 0 Å². The van der Waals surface area contributed by atoms with Crippen molar-refractivity contribution in [3.05, 3.63) is 142 Å². The summed E-state index contributed by atoms with van der Waals surface area (Å²) in [5.41, 5.74) is 9.46. The molecule has 0 heterocycles. The first-order chi connectivity index (χ1) is 19.5. The minimum Gasteiger partial charge on any atom is -0.322 e. The number of carbonyl (C=O) groups excluding carboxylic acids is 1. The Kier molecular flexibility index (Phi) is 5.60. The van der Waals surface area contributed by atoms with Gasteiger partial charge in [0.1, 0.15) is 0 Å². The van der Waals surface area contributed by atoms with Crippen LogP contribution in [0, 0.1) is 22.7 Å². The van der Waals surface area contributed by atoms with Crippen LogP contribution in [0.3, 0.4) is 0 Å². The molecule has 0 unspecified atom stereocenters. The Balaban J connectivity index is 1.43. The molecule has 2 atom stereocenters. The van der Waals surface area contributed by atoms with Crippen molar-refractivity contribution in [2.24, 2.45) is 22.7 Å². The van der Waals surface area contributed by atoms with E-state index in [1.807, 2.05) is 24.3 Å². The molecule has 0 bridgehead atoms. The Bertz CT molecular complexity index is 1830. The van der Waals surface area contributed by atoms with Crippen LogP contribution in [0.1, 0.15) is 51.9 Å². The first-order valence-electron chi connectivity index (χ1n) is 14.7. The van der Waals surface area contributed by atoms with Crippen LogP contribution in [0.5, 0.6) is 0 Å². The number of hydrogen-bond donors (Lipinski definition) is 1. The Labute approximate surface area is 243 Å². The van der Waals surface area contributed by atoms with E-state index in [0.29, 0.717) is 0 Å². The van der Waals surface area contributed by atoms with Crippen molar-refractivity contribution in [2.45, 2.75) is 41.5 Å². The van der Waals surface area contributed by atoms with E-state index >= 15 is 0 Å². The quantitative estimate of drug-likeness (QED) is 0.325. The average molecular weight is 536 g/mol. The Morgan fingerprint density at radius 1 is 0.634 bits per heavy atom. The summed E-state index contributed by atoms with van der Waals surface area (Å²) >= 11 is 0. The van der Waals surface area contributed by atoms with E-state index < -0.39 is 0 Å². The van der Waals surface area contributed by atoms with Gasteiger partial charge >= 0.3 is 0 Å². The molecular weight excluding hydrogens is 498 g/mol. The minimum atomic E-state index is -0.0597. The molecule has 2 heteroatoms. The lowest BCUT2D eigenvalue weighted by atomic mass is 9.60. The zero-order valence-corrected chi connectivity index (χ0v) is 24.8. The van der Waals surface area contributed by atoms with Crippen LogP contribution < -0.4 is 5.32 Å². The normalized spacial score (nSPS) is 21.6. The Morgan fingerprint density at radius 3 is 1.76 bits per heavy atom. The van der Waals surface area contributed by atoms with Crippen LogP contribution in [0.2, 0.25) is 0 Å². The maximum absolute atomic E-state index is 14.4. The van der Waals surface area contributed by atoms with Gasteiger partial charge in [-0.3, -0.25) is 4.79 Å². The van der Waals surface area contributed by atoms with Gasteiger partial charge in [0.2, 0.25) is 0 Å². The van der Waals surface area contributed by atoms with Crippen molar-refractivity contribution in [1.29, 1.82) is 0 Å². The molecule has 3 aromatic rings. The largest absolute Gasteiger partial charge is 0.322 e. The SMILES string of the molecule is CC(C)(C)C1=CC2=CC(NC(=O)c3c4ccccc4cc4ccccc34)=C3C=C(C(C)(C)C)C=C4C=CC(=C1)[C@@H]2[C@H]43. The zero-order valence-electron chi connectivity index (χ0n) is 24.8. The third-order valence-electron chi connectivity index (χ3n) is 9.09. The van der Waals surface area contributed by atoms with E-state index in [0.717, 1.165) is 32.8 Å². The first-order valence-corrected chi connectivity index (χ1v) is 14.7. The van der Waals surface area contributed by atoms with Crippen LogP contribution in [-0.2, 0) is 0 Å². The average Bonchev–Trinajstić information content (AvgIpc) is 2.93. The van der Waals surface area contributed by atoms with Crippen LogP contribution >= 0.6 is 0 Å². The minimum absolute atomic E-state index is 0.00819. The van der Waals surface area contributed by atoms with E-state index in [-0.39, 0.29) is 28.6 Å². The Morgan fingerprint density at radius 2 is 1.17 bits per heavy atom. The summed E-state index contributed by atoms with van der Waals surface area (Å²) < 4.78 is 0. The molecule has 4 aliphatic rings. The number of carbonyl (C=O) groups is 1. The van der Waals surface area contributed by atoms with Gasteiger partial charge in [-0.05, 0) is 78.0 Å². The van der Waals surface area contributed by atoms with Gasteiger partial charge in [-0.15, -0.1) is 0 Å². The zero-order chi connectivity index (χ0) is 28.7. The molecule has 41 heavy (non-hydrogen) atoms. The molecular formula is C39H37NO. The van der Waals surface area contributed by atoms with Crippen LogP contribution in [0.25, 0.3) is 21.5 Å². The molecule has 1 N–H and O–H groups in total. The molecule has 0 aliphatic heterocycles. The van der Waals surface area contributed by atoms with Crippen molar-refractivity contribution in [1.82, 2.24) is 5.32 Å². The fraction of sp³-hybridized carbons (Fsp3) is 0.256.